The van der Waals surface area contributed by atoms with Crippen LogP contribution in [-0.4, -0.2) is 9.66 Å². The fourth-order valence-electron chi connectivity index (χ4n) is 2.44. The molecule has 0 amide bonds. The number of rotatable bonds is 3. The van der Waals surface area contributed by atoms with Crippen LogP contribution in [0.4, 0.5) is 5.82 Å². The Morgan fingerprint density at radius 3 is 2.63 bits per heavy atom. The molecule has 3 rings (SSSR count). The third-order valence-electron chi connectivity index (χ3n) is 3.70. The van der Waals surface area contributed by atoms with Crippen molar-refractivity contribution in [1.29, 1.82) is 0 Å². The zero-order valence-corrected chi connectivity index (χ0v) is 11.4. The molecular formula is C15H20N4. The number of benzene rings is 1. The first-order chi connectivity index (χ1) is 9.08. The van der Waals surface area contributed by atoms with Crippen LogP contribution in [0.3, 0.4) is 0 Å². The lowest BCUT2D eigenvalue weighted by Gasteiger charge is -2.04. The minimum absolute atomic E-state index is 0.257. The van der Waals surface area contributed by atoms with Gasteiger partial charge in [0, 0.05) is 11.5 Å². The van der Waals surface area contributed by atoms with E-state index in [1.54, 1.807) is 0 Å². The molecule has 4 N–H and O–H groups in total. The van der Waals surface area contributed by atoms with Gasteiger partial charge in [-0.2, -0.15) is 0 Å². The molecule has 0 unspecified atom stereocenters. The van der Waals surface area contributed by atoms with Gasteiger partial charge in [-0.3, -0.25) is 0 Å². The van der Waals surface area contributed by atoms with Crippen LogP contribution in [-0.2, 0) is 0 Å². The second-order valence-electron chi connectivity index (χ2n) is 5.63. The molecule has 100 valence electrons. The molecular weight excluding hydrogens is 236 g/mol. The van der Waals surface area contributed by atoms with Gasteiger partial charge in [0.2, 0.25) is 0 Å². The predicted molar refractivity (Wildman–Crippen MR) is 78.3 cm³/mol. The molecule has 1 aliphatic carbocycles. The number of hydrogen-bond donors (Lipinski definition) is 2. The summed E-state index contributed by atoms with van der Waals surface area (Å²) in [5, 5.41) is 0. The van der Waals surface area contributed by atoms with Crippen LogP contribution in [0.5, 0.6) is 0 Å². The van der Waals surface area contributed by atoms with Crippen molar-refractivity contribution in [3.05, 3.63) is 35.7 Å². The Balaban J connectivity index is 2.06. The molecule has 19 heavy (non-hydrogen) atoms. The molecule has 0 atom stereocenters. The van der Waals surface area contributed by atoms with Crippen LogP contribution < -0.4 is 11.6 Å². The summed E-state index contributed by atoms with van der Waals surface area (Å²) in [7, 11) is 0. The number of nitrogens with zero attached hydrogens (tertiary/aromatic N) is 2. The van der Waals surface area contributed by atoms with Crippen LogP contribution in [0.2, 0.25) is 0 Å². The van der Waals surface area contributed by atoms with Crippen LogP contribution in [0.15, 0.2) is 24.3 Å². The van der Waals surface area contributed by atoms with E-state index < -0.39 is 0 Å². The Bertz CT molecular complexity index is 609. The van der Waals surface area contributed by atoms with E-state index in [1.807, 2.05) is 0 Å². The first kappa shape index (κ1) is 12.1. The Kier molecular flexibility index (Phi) is 2.73. The summed E-state index contributed by atoms with van der Waals surface area (Å²) in [5.41, 5.74) is 9.34. The molecule has 0 spiro atoms. The second kappa shape index (κ2) is 4.30. The molecule has 4 nitrogen and oxygen atoms in total. The lowest BCUT2D eigenvalue weighted by Crippen LogP contribution is -2.16. The number of hydrogen-bond acceptors (Lipinski definition) is 3. The van der Waals surface area contributed by atoms with Crippen molar-refractivity contribution in [2.24, 2.45) is 0 Å². The van der Waals surface area contributed by atoms with Crippen molar-refractivity contribution in [2.45, 2.75) is 38.5 Å². The standard InChI is InChI=1S/C15H20N4/c1-9(2)15-18-13(14(16)19(15)17)12-5-3-4-11(8-12)10-6-7-10/h3-5,8-10H,6-7,16-17H2,1-2H3. The molecule has 0 radical (unpaired) electrons. The normalized spacial score (nSPS) is 15.1. The average molecular weight is 256 g/mol. The zero-order valence-electron chi connectivity index (χ0n) is 11.4. The lowest BCUT2D eigenvalue weighted by molar-refractivity contribution is 0.739. The molecule has 1 aromatic heterocycles. The lowest BCUT2D eigenvalue weighted by atomic mass is 10.1. The first-order valence-electron chi connectivity index (χ1n) is 6.81. The minimum Gasteiger partial charge on any atom is -0.382 e. The molecule has 4 heteroatoms. The Morgan fingerprint density at radius 1 is 1.32 bits per heavy atom. The summed E-state index contributed by atoms with van der Waals surface area (Å²) in [6, 6.07) is 8.50. The number of imidazole rings is 1. The summed E-state index contributed by atoms with van der Waals surface area (Å²) < 4.78 is 1.50. The van der Waals surface area contributed by atoms with Crippen LogP contribution in [0, 0.1) is 0 Å². The fraction of sp³-hybridized carbons (Fsp3) is 0.400. The summed E-state index contributed by atoms with van der Waals surface area (Å²) in [6.07, 6.45) is 2.59. The van der Waals surface area contributed by atoms with Crippen molar-refractivity contribution in [3.63, 3.8) is 0 Å². The average Bonchev–Trinajstić information content (AvgIpc) is 3.18. The SMILES string of the molecule is CC(C)c1nc(-c2cccc(C3CC3)c2)c(N)n1N. The van der Waals surface area contributed by atoms with E-state index in [1.165, 1.54) is 23.1 Å². The second-order valence-corrected chi connectivity index (χ2v) is 5.63. The van der Waals surface area contributed by atoms with Crippen LogP contribution in [0.25, 0.3) is 11.3 Å². The Labute approximate surface area is 113 Å². The van der Waals surface area contributed by atoms with E-state index >= 15 is 0 Å². The maximum Gasteiger partial charge on any atom is 0.150 e. The van der Waals surface area contributed by atoms with Crippen molar-refractivity contribution in [3.8, 4) is 11.3 Å². The van der Waals surface area contributed by atoms with E-state index in [4.69, 9.17) is 11.6 Å². The highest BCUT2D eigenvalue weighted by Gasteiger charge is 2.24. The van der Waals surface area contributed by atoms with Crippen molar-refractivity contribution in [2.75, 3.05) is 11.6 Å². The molecule has 0 aliphatic heterocycles. The first-order valence-corrected chi connectivity index (χ1v) is 6.81. The monoisotopic (exact) mass is 256 g/mol. The number of aromatic nitrogens is 2. The number of nitrogen functional groups attached to an aromatic ring is 2. The quantitative estimate of drug-likeness (QED) is 0.830. The summed E-state index contributed by atoms with van der Waals surface area (Å²) in [6.45, 7) is 4.13. The molecule has 0 saturated heterocycles. The molecule has 1 aromatic carbocycles. The highest BCUT2D eigenvalue weighted by atomic mass is 15.4. The zero-order chi connectivity index (χ0) is 13.6. The maximum absolute atomic E-state index is 6.09. The van der Waals surface area contributed by atoms with Crippen molar-refractivity contribution in [1.82, 2.24) is 9.66 Å². The van der Waals surface area contributed by atoms with Gasteiger partial charge in [0.25, 0.3) is 0 Å². The fourth-order valence-corrected chi connectivity index (χ4v) is 2.44. The molecule has 1 fully saturated rings. The van der Waals surface area contributed by atoms with Crippen LogP contribution >= 0.6 is 0 Å². The maximum atomic E-state index is 6.09. The van der Waals surface area contributed by atoms with Gasteiger partial charge in [-0.15, -0.1) is 0 Å². The molecule has 1 aliphatic rings. The van der Waals surface area contributed by atoms with Gasteiger partial charge >= 0.3 is 0 Å². The largest absolute Gasteiger partial charge is 0.382 e. The Hall–Kier alpha value is -1.97. The summed E-state index contributed by atoms with van der Waals surface area (Å²) >= 11 is 0. The summed E-state index contributed by atoms with van der Waals surface area (Å²) in [5.74, 6) is 8.33. The van der Waals surface area contributed by atoms with Gasteiger partial charge in [0.15, 0.2) is 5.82 Å². The van der Waals surface area contributed by atoms with Crippen molar-refractivity contribution < 1.29 is 0 Å². The van der Waals surface area contributed by atoms with E-state index in [9.17, 15) is 0 Å². The topological polar surface area (TPSA) is 69.9 Å². The molecule has 2 aromatic rings. The molecule has 0 bridgehead atoms. The van der Waals surface area contributed by atoms with Gasteiger partial charge in [-0.25, -0.2) is 9.66 Å². The van der Waals surface area contributed by atoms with E-state index in [-0.39, 0.29) is 5.92 Å². The van der Waals surface area contributed by atoms with E-state index in [0.717, 1.165) is 23.0 Å². The van der Waals surface area contributed by atoms with Gasteiger partial charge < -0.3 is 11.6 Å². The Morgan fingerprint density at radius 2 is 2.05 bits per heavy atom. The van der Waals surface area contributed by atoms with Gasteiger partial charge in [0.05, 0.1) is 0 Å². The molecule has 1 heterocycles. The smallest absolute Gasteiger partial charge is 0.150 e. The van der Waals surface area contributed by atoms with Gasteiger partial charge in [-0.05, 0) is 30.4 Å². The third-order valence-corrected chi connectivity index (χ3v) is 3.70. The number of nitrogens with two attached hydrogens (primary N) is 2. The van der Waals surface area contributed by atoms with Gasteiger partial charge in [0.1, 0.15) is 11.5 Å². The highest BCUT2D eigenvalue weighted by Crippen LogP contribution is 2.41. The minimum atomic E-state index is 0.257. The van der Waals surface area contributed by atoms with E-state index in [2.05, 4.69) is 43.1 Å². The molecule has 1 saturated carbocycles. The predicted octanol–water partition coefficient (Wildman–Crippen LogP) is 2.85. The highest BCUT2D eigenvalue weighted by molar-refractivity contribution is 5.72. The van der Waals surface area contributed by atoms with Crippen LogP contribution in [0.1, 0.15) is 49.9 Å². The van der Waals surface area contributed by atoms with E-state index in [0.29, 0.717) is 5.82 Å². The van der Waals surface area contributed by atoms with Gasteiger partial charge in [-0.1, -0.05) is 32.0 Å². The summed E-state index contributed by atoms with van der Waals surface area (Å²) in [4.78, 5) is 4.61. The number of anilines is 1. The van der Waals surface area contributed by atoms with Crippen molar-refractivity contribution >= 4 is 5.82 Å². The third kappa shape index (κ3) is 2.07.